The molecule has 0 unspecified atom stereocenters. The van der Waals surface area contributed by atoms with Gasteiger partial charge in [-0.15, -0.1) is 0 Å². The van der Waals surface area contributed by atoms with Gasteiger partial charge < -0.3 is 0 Å². The molecule has 2 aromatic heterocycles. The molecular weight excluding hydrogens is 343 g/mol. The molecular formula is C18H12ClFN4O. The molecule has 0 N–H and O–H groups in total. The molecule has 2 aromatic carbocycles. The van der Waals surface area contributed by atoms with Gasteiger partial charge in [-0.05, 0) is 24.3 Å². The van der Waals surface area contributed by atoms with Crippen LogP contribution < -0.4 is 5.56 Å². The fraction of sp³-hybridized carbons (Fsp3) is 0.0556. The molecule has 4 aromatic rings. The highest BCUT2D eigenvalue weighted by molar-refractivity contribution is 6.30. The smallest absolute Gasteiger partial charge is 0.264 e. The van der Waals surface area contributed by atoms with Gasteiger partial charge in [0.1, 0.15) is 17.5 Å². The van der Waals surface area contributed by atoms with E-state index in [0.29, 0.717) is 27.3 Å². The van der Waals surface area contributed by atoms with Crippen LogP contribution in [0, 0.1) is 5.82 Å². The maximum atomic E-state index is 13.8. The van der Waals surface area contributed by atoms with Crippen LogP contribution in [0.25, 0.3) is 16.7 Å². The van der Waals surface area contributed by atoms with Crippen LogP contribution in [0.5, 0.6) is 0 Å². The molecule has 25 heavy (non-hydrogen) atoms. The van der Waals surface area contributed by atoms with Gasteiger partial charge in [0, 0.05) is 10.6 Å². The topological polar surface area (TPSA) is 52.7 Å². The lowest BCUT2D eigenvalue weighted by molar-refractivity contribution is 0.595. The van der Waals surface area contributed by atoms with Crippen molar-refractivity contribution in [2.24, 2.45) is 0 Å². The highest BCUT2D eigenvalue weighted by atomic mass is 35.5. The van der Waals surface area contributed by atoms with E-state index in [9.17, 15) is 9.18 Å². The maximum absolute atomic E-state index is 13.8. The monoisotopic (exact) mass is 354 g/mol. The predicted molar refractivity (Wildman–Crippen MR) is 93.6 cm³/mol. The number of benzene rings is 2. The zero-order valence-corrected chi connectivity index (χ0v) is 13.7. The van der Waals surface area contributed by atoms with Crippen LogP contribution >= 0.6 is 11.6 Å². The first-order valence-corrected chi connectivity index (χ1v) is 7.94. The minimum Gasteiger partial charge on any atom is -0.294 e. The second kappa shape index (κ2) is 6.14. The summed E-state index contributed by atoms with van der Waals surface area (Å²) in [6.45, 7) is 0.108. The van der Waals surface area contributed by atoms with Crippen LogP contribution in [0.2, 0.25) is 5.02 Å². The van der Waals surface area contributed by atoms with Crippen molar-refractivity contribution in [2.75, 3.05) is 0 Å². The highest BCUT2D eigenvalue weighted by Gasteiger charge is 2.12. The summed E-state index contributed by atoms with van der Waals surface area (Å²) in [6, 6.07) is 13.5. The Morgan fingerprint density at radius 1 is 1.12 bits per heavy atom. The van der Waals surface area contributed by atoms with Crippen molar-refractivity contribution in [1.82, 2.24) is 19.3 Å². The standard InChI is InChI=1S/C18H12ClFN4O/c19-13-5-3-6-14(8-13)24-17-15(9-22-24)18(25)23(11-21-17)10-12-4-1-2-7-16(12)20/h1-9,11H,10H2. The highest BCUT2D eigenvalue weighted by Crippen LogP contribution is 2.17. The molecule has 0 spiro atoms. The summed E-state index contributed by atoms with van der Waals surface area (Å²) >= 11 is 6.01. The number of aromatic nitrogens is 4. The summed E-state index contributed by atoms with van der Waals surface area (Å²) < 4.78 is 16.7. The summed E-state index contributed by atoms with van der Waals surface area (Å²) in [5.74, 6) is -0.357. The average Bonchev–Trinajstić information content (AvgIpc) is 3.04. The third kappa shape index (κ3) is 2.81. The largest absolute Gasteiger partial charge is 0.294 e. The zero-order chi connectivity index (χ0) is 17.4. The summed E-state index contributed by atoms with van der Waals surface area (Å²) in [5, 5.41) is 5.17. The van der Waals surface area contributed by atoms with Crippen molar-refractivity contribution in [3.05, 3.63) is 87.8 Å². The molecule has 4 rings (SSSR count). The van der Waals surface area contributed by atoms with Gasteiger partial charge in [-0.2, -0.15) is 5.10 Å². The lowest BCUT2D eigenvalue weighted by atomic mass is 10.2. The molecule has 0 fully saturated rings. The second-order valence-corrected chi connectivity index (χ2v) is 5.98. The quantitative estimate of drug-likeness (QED) is 0.566. The molecule has 0 aliphatic rings. The summed E-state index contributed by atoms with van der Waals surface area (Å²) in [5.41, 5.74) is 1.29. The third-order valence-electron chi connectivity index (χ3n) is 3.91. The SMILES string of the molecule is O=c1c2cnn(-c3cccc(Cl)c3)c2ncn1Cc1ccccc1F. The van der Waals surface area contributed by atoms with Crippen LogP contribution in [0.3, 0.4) is 0 Å². The van der Waals surface area contributed by atoms with Crippen molar-refractivity contribution in [3.63, 3.8) is 0 Å². The second-order valence-electron chi connectivity index (χ2n) is 5.54. The molecule has 124 valence electrons. The van der Waals surface area contributed by atoms with Crippen LogP contribution in [0.1, 0.15) is 5.56 Å². The summed E-state index contributed by atoms with van der Waals surface area (Å²) in [6.07, 6.45) is 2.86. The van der Waals surface area contributed by atoms with E-state index in [0.717, 1.165) is 0 Å². The Morgan fingerprint density at radius 3 is 2.76 bits per heavy atom. The minimum atomic E-state index is -0.357. The van der Waals surface area contributed by atoms with Crippen molar-refractivity contribution >= 4 is 22.6 Å². The van der Waals surface area contributed by atoms with Gasteiger partial charge in [0.05, 0.1) is 18.4 Å². The lowest BCUT2D eigenvalue weighted by Gasteiger charge is -2.07. The minimum absolute atomic E-state index is 0.108. The van der Waals surface area contributed by atoms with E-state index >= 15 is 0 Å². The van der Waals surface area contributed by atoms with Crippen LogP contribution in [-0.2, 0) is 6.54 Å². The molecule has 7 heteroatoms. The van der Waals surface area contributed by atoms with Gasteiger partial charge in [-0.3, -0.25) is 9.36 Å². The Kier molecular flexibility index (Phi) is 3.82. The summed E-state index contributed by atoms with van der Waals surface area (Å²) in [7, 11) is 0. The number of nitrogens with zero attached hydrogens (tertiary/aromatic N) is 4. The Labute approximate surface area is 146 Å². The lowest BCUT2D eigenvalue weighted by Crippen LogP contribution is -2.21. The average molecular weight is 355 g/mol. The van der Waals surface area contributed by atoms with Crippen molar-refractivity contribution in [3.8, 4) is 5.69 Å². The van der Waals surface area contributed by atoms with Gasteiger partial charge >= 0.3 is 0 Å². The maximum Gasteiger partial charge on any atom is 0.264 e. The molecule has 0 amide bonds. The van der Waals surface area contributed by atoms with Crippen LogP contribution in [0.15, 0.2) is 65.8 Å². The Hall–Kier alpha value is -2.99. The van der Waals surface area contributed by atoms with Crippen molar-refractivity contribution in [2.45, 2.75) is 6.54 Å². The van der Waals surface area contributed by atoms with Gasteiger partial charge in [-0.25, -0.2) is 14.1 Å². The predicted octanol–water partition coefficient (Wildman–Crippen LogP) is 3.42. The van der Waals surface area contributed by atoms with E-state index in [1.807, 2.05) is 6.07 Å². The number of rotatable bonds is 3. The molecule has 0 bridgehead atoms. The number of hydrogen-bond acceptors (Lipinski definition) is 3. The van der Waals surface area contributed by atoms with Crippen molar-refractivity contribution < 1.29 is 4.39 Å². The van der Waals surface area contributed by atoms with E-state index in [-0.39, 0.29) is 17.9 Å². The van der Waals surface area contributed by atoms with Crippen LogP contribution in [0.4, 0.5) is 4.39 Å². The fourth-order valence-electron chi connectivity index (χ4n) is 2.67. The van der Waals surface area contributed by atoms with Gasteiger partial charge in [-0.1, -0.05) is 35.9 Å². The fourth-order valence-corrected chi connectivity index (χ4v) is 2.85. The van der Waals surface area contributed by atoms with Gasteiger partial charge in [0.25, 0.3) is 5.56 Å². The molecule has 0 saturated heterocycles. The van der Waals surface area contributed by atoms with E-state index in [1.165, 1.54) is 23.2 Å². The Morgan fingerprint density at radius 2 is 1.96 bits per heavy atom. The normalized spacial score (nSPS) is 11.1. The molecule has 5 nitrogen and oxygen atoms in total. The number of fused-ring (bicyclic) bond motifs is 1. The Balaban J connectivity index is 1.80. The van der Waals surface area contributed by atoms with E-state index < -0.39 is 0 Å². The molecule has 0 aliphatic heterocycles. The van der Waals surface area contributed by atoms with Crippen LogP contribution in [-0.4, -0.2) is 19.3 Å². The van der Waals surface area contributed by atoms with E-state index in [1.54, 1.807) is 41.1 Å². The van der Waals surface area contributed by atoms with Gasteiger partial charge in [0.15, 0.2) is 5.65 Å². The first-order valence-electron chi connectivity index (χ1n) is 7.56. The first kappa shape index (κ1) is 15.5. The molecule has 2 heterocycles. The summed E-state index contributed by atoms with van der Waals surface area (Å²) in [4.78, 5) is 17.0. The zero-order valence-electron chi connectivity index (χ0n) is 12.9. The number of halogens is 2. The molecule has 0 aliphatic carbocycles. The molecule has 0 saturated carbocycles. The van der Waals surface area contributed by atoms with Crippen molar-refractivity contribution in [1.29, 1.82) is 0 Å². The van der Waals surface area contributed by atoms with Gasteiger partial charge in [0.2, 0.25) is 0 Å². The third-order valence-corrected chi connectivity index (χ3v) is 4.14. The van der Waals surface area contributed by atoms with E-state index in [4.69, 9.17) is 11.6 Å². The Bertz CT molecular complexity index is 1140. The molecule has 0 radical (unpaired) electrons. The number of hydrogen-bond donors (Lipinski definition) is 0. The van der Waals surface area contributed by atoms with E-state index in [2.05, 4.69) is 10.1 Å². The first-order chi connectivity index (χ1) is 12.1. The molecule has 0 atom stereocenters.